The van der Waals surface area contributed by atoms with Crippen LogP contribution in [0.25, 0.3) is 0 Å². The topological polar surface area (TPSA) is 113 Å². The Balaban J connectivity index is 1.63. The average Bonchev–Trinajstić information content (AvgIpc) is 2.71. The molecule has 158 valence electrons. The number of rotatable bonds is 6. The van der Waals surface area contributed by atoms with E-state index in [2.05, 4.69) is 16.0 Å². The van der Waals surface area contributed by atoms with Crippen molar-refractivity contribution in [2.45, 2.75) is 20.4 Å². The number of carbonyl (C=O) groups is 2. The van der Waals surface area contributed by atoms with Gasteiger partial charge < -0.3 is 16.0 Å². The molecule has 0 fully saturated rings. The first kappa shape index (κ1) is 21.5. The van der Waals surface area contributed by atoms with Crippen LogP contribution >= 0.6 is 0 Å². The molecule has 0 aliphatic heterocycles. The van der Waals surface area contributed by atoms with Crippen molar-refractivity contribution in [3.63, 3.8) is 0 Å². The first-order valence-electron chi connectivity index (χ1n) is 9.59. The second kappa shape index (κ2) is 9.53. The van der Waals surface area contributed by atoms with Crippen LogP contribution < -0.4 is 16.0 Å². The molecule has 0 saturated carbocycles. The fraction of sp³-hybridized carbons (Fsp3) is 0.130. The van der Waals surface area contributed by atoms with Crippen molar-refractivity contribution in [3.8, 4) is 0 Å². The van der Waals surface area contributed by atoms with Crippen LogP contribution in [0.15, 0.2) is 66.7 Å². The summed E-state index contributed by atoms with van der Waals surface area (Å²) in [5.41, 5.74) is 3.23. The molecule has 0 aliphatic rings. The summed E-state index contributed by atoms with van der Waals surface area (Å²) in [5, 5.41) is 19.5. The summed E-state index contributed by atoms with van der Waals surface area (Å²) in [6.45, 7) is 3.68. The van der Waals surface area contributed by atoms with Crippen LogP contribution in [0.2, 0.25) is 0 Å². The van der Waals surface area contributed by atoms with E-state index in [-0.39, 0.29) is 23.8 Å². The van der Waals surface area contributed by atoms with E-state index in [1.54, 1.807) is 49.4 Å². The minimum absolute atomic E-state index is 0.0109. The van der Waals surface area contributed by atoms with E-state index in [4.69, 9.17) is 0 Å². The zero-order valence-corrected chi connectivity index (χ0v) is 17.1. The molecule has 3 rings (SSSR count). The summed E-state index contributed by atoms with van der Waals surface area (Å²) in [6, 6.07) is 18.7. The molecule has 31 heavy (non-hydrogen) atoms. The molecule has 0 atom stereocenters. The molecule has 0 unspecified atom stereocenters. The summed E-state index contributed by atoms with van der Waals surface area (Å²) in [6.07, 6.45) is 0. The van der Waals surface area contributed by atoms with Crippen molar-refractivity contribution in [2.75, 3.05) is 10.6 Å². The first-order valence-corrected chi connectivity index (χ1v) is 9.59. The predicted molar refractivity (Wildman–Crippen MR) is 119 cm³/mol. The lowest BCUT2D eigenvalue weighted by molar-refractivity contribution is -0.385. The smallest absolute Gasteiger partial charge is 0.323 e. The van der Waals surface area contributed by atoms with E-state index in [0.29, 0.717) is 16.9 Å². The Labute approximate surface area is 179 Å². The van der Waals surface area contributed by atoms with Crippen molar-refractivity contribution in [2.24, 2.45) is 0 Å². The van der Waals surface area contributed by atoms with Gasteiger partial charge in [-0.25, -0.2) is 4.79 Å². The standard InChI is InChI=1S/C23H22N4O4/c1-15-6-3-9-18(12-15)25-23(29)26-19-10-5-8-17(13-19)14-24-22(28)20-11-4-7-16(2)21(20)27(30)31/h3-13H,14H2,1-2H3,(H,24,28)(H2,25,26,29). The van der Waals surface area contributed by atoms with Gasteiger partial charge in [0.05, 0.1) is 4.92 Å². The lowest BCUT2D eigenvalue weighted by Gasteiger charge is -2.10. The van der Waals surface area contributed by atoms with Crippen molar-refractivity contribution in [1.82, 2.24) is 5.32 Å². The molecular formula is C23H22N4O4. The zero-order chi connectivity index (χ0) is 22.4. The molecule has 3 aromatic rings. The molecule has 8 nitrogen and oxygen atoms in total. The van der Waals surface area contributed by atoms with E-state index in [0.717, 1.165) is 11.1 Å². The highest BCUT2D eigenvalue weighted by Gasteiger charge is 2.22. The monoisotopic (exact) mass is 418 g/mol. The summed E-state index contributed by atoms with van der Waals surface area (Å²) in [4.78, 5) is 35.5. The minimum atomic E-state index is -0.554. The maximum atomic E-state index is 12.5. The number of nitrogens with zero attached hydrogens (tertiary/aromatic N) is 1. The fourth-order valence-corrected chi connectivity index (χ4v) is 3.14. The number of nitro benzene ring substituents is 1. The van der Waals surface area contributed by atoms with Crippen LogP contribution in [-0.4, -0.2) is 16.9 Å². The largest absolute Gasteiger partial charge is 0.348 e. The van der Waals surface area contributed by atoms with Gasteiger partial charge in [-0.1, -0.05) is 36.4 Å². The molecule has 0 bridgehead atoms. The highest BCUT2D eigenvalue weighted by Crippen LogP contribution is 2.23. The Morgan fingerprint density at radius 1 is 0.903 bits per heavy atom. The minimum Gasteiger partial charge on any atom is -0.348 e. The SMILES string of the molecule is Cc1cccc(NC(=O)Nc2cccc(CNC(=O)c3cccc(C)c3[N+](=O)[O-])c2)c1. The van der Waals surface area contributed by atoms with Crippen molar-refractivity contribution in [3.05, 3.63) is 99.1 Å². The number of amides is 3. The quantitative estimate of drug-likeness (QED) is 0.395. The molecule has 3 N–H and O–H groups in total. The highest BCUT2D eigenvalue weighted by molar-refractivity contribution is 6.00. The van der Waals surface area contributed by atoms with E-state index in [1.807, 2.05) is 25.1 Å². The van der Waals surface area contributed by atoms with Gasteiger partial charge in [-0.2, -0.15) is 0 Å². The van der Waals surface area contributed by atoms with Crippen LogP contribution in [0, 0.1) is 24.0 Å². The summed E-state index contributed by atoms with van der Waals surface area (Å²) >= 11 is 0. The van der Waals surface area contributed by atoms with Gasteiger partial charge in [-0.3, -0.25) is 14.9 Å². The molecule has 0 heterocycles. The van der Waals surface area contributed by atoms with Gasteiger partial charge >= 0.3 is 6.03 Å². The number of nitro groups is 1. The molecular weight excluding hydrogens is 396 g/mol. The lowest BCUT2D eigenvalue weighted by atomic mass is 10.1. The number of hydrogen-bond donors (Lipinski definition) is 3. The number of urea groups is 1. The second-order valence-electron chi connectivity index (χ2n) is 7.06. The Kier molecular flexibility index (Phi) is 6.61. The first-order chi connectivity index (χ1) is 14.8. The Hall–Kier alpha value is -4.20. The molecule has 0 aromatic heterocycles. The van der Waals surface area contributed by atoms with Gasteiger partial charge in [-0.05, 0) is 55.3 Å². The number of aryl methyl sites for hydroxylation is 2. The Morgan fingerprint density at radius 2 is 1.55 bits per heavy atom. The van der Waals surface area contributed by atoms with E-state index >= 15 is 0 Å². The number of benzene rings is 3. The van der Waals surface area contributed by atoms with Crippen LogP contribution in [0.5, 0.6) is 0 Å². The number of anilines is 2. The van der Waals surface area contributed by atoms with Crippen LogP contribution in [-0.2, 0) is 6.54 Å². The van der Waals surface area contributed by atoms with E-state index in [1.165, 1.54) is 6.07 Å². The molecule has 8 heteroatoms. The number of nitrogens with one attached hydrogen (secondary N) is 3. The van der Waals surface area contributed by atoms with Gasteiger partial charge in [0.25, 0.3) is 11.6 Å². The molecule has 0 spiro atoms. The predicted octanol–water partition coefficient (Wildman–Crippen LogP) is 4.79. The number of hydrogen-bond acceptors (Lipinski definition) is 4. The van der Waals surface area contributed by atoms with Gasteiger partial charge in [0.2, 0.25) is 0 Å². The molecule has 3 aromatic carbocycles. The summed E-state index contributed by atoms with van der Waals surface area (Å²) in [7, 11) is 0. The highest BCUT2D eigenvalue weighted by atomic mass is 16.6. The second-order valence-corrected chi connectivity index (χ2v) is 7.06. The van der Waals surface area contributed by atoms with Gasteiger partial charge in [0.1, 0.15) is 5.56 Å². The van der Waals surface area contributed by atoms with Crippen molar-refractivity contribution < 1.29 is 14.5 Å². The molecule has 3 amide bonds. The lowest BCUT2D eigenvalue weighted by Crippen LogP contribution is -2.24. The maximum absolute atomic E-state index is 12.5. The third kappa shape index (κ3) is 5.66. The third-order valence-electron chi connectivity index (χ3n) is 4.58. The molecule has 0 radical (unpaired) electrons. The molecule has 0 saturated heterocycles. The normalized spacial score (nSPS) is 10.3. The Morgan fingerprint density at radius 3 is 2.23 bits per heavy atom. The van der Waals surface area contributed by atoms with Crippen molar-refractivity contribution >= 4 is 29.0 Å². The van der Waals surface area contributed by atoms with E-state index < -0.39 is 10.8 Å². The van der Waals surface area contributed by atoms with Crippen LogP contribution in [0.3, 0.4) is 0 Å². The number of para-hydroxylation sites is 1. The van der Waals surface area contributed by atoms with E-state index in [9.17, 15) is 19.7 Å². The third-order valence-corrected chi connectivity index (χ3v) is 4.58. The molecule has 0 aliphatic carbocycles. The van der Waals surface area contributed by atoms with Crippen molar-refractivity contribution in [1.29, 1.82) is 0 Å². The summed E-state index contributed by atoms with van der Waals surface area (Å²) in [5.74, 6) is -0.536. The zero-order valence-electron chi connectivity index (χ0n) is 17.1. The van der Waals surface area contributed by atoms with Gasteiger partial charge in [0.15, 0.2) is 0 Å². The Bertz CT molecular complexity index is 1140. The summed E-state index contributed by atoms with van der Waals surface area (Å²) < 4.78 is 0. The van der Waals surface area contributed by atoms with Gasteiger partial charge in [-0.15, -0.1) is 0 Å². The van der Waals surface area contributed by atoms with Crippen LogP contribution in [0.1, 0.15) is 27.0 Å². The fourth-order valence-electron chi connectivity index (χ4n) is 3.14. The maximum Gasteiger partial charge on any atom is 0.323 e. The van der Waals surface area contributed by atoms with Crippen LogP contribution in [0.4, 0.5) is 21.9 Å². The average molecular weight is 418 g/mol. The number of carbonyl (C=O) groups excluding carboxylic acids is 2. The van der Waals surface area contributed by atoms with Gasteiger partial charge in [0, 0.05) is 23.5 Å².